The number of carbonyl (C=O) groups is 2. The first kappa shape index (κ1) is 33.1. The van der Waals surface area contributed by atoms with Crippen molar-refractivity contribution in [3.8, 4) is 5.69 Å². The van der Waals surface area contributed by atoms with E-state index in [1.165, 1.54) is 0 Å². The number of nitrogens with zero attached hydrogens (tertiary/aromatic N) is 6. The Morgan fingerprint density at radius 2 is 1.77 bits per heavy atom. The van der Waals surface area contributed by atoms with Gasteiger partial charge in [0.05, 0.1) is 23.9 Å². The Morgan fingerprint density at radius 3 is 2.52 bits per heavy atom. The molecule has 1 unspecified atom stereocenters. The largest absolute Gasteiger partial charge is 0.412 e. The van der Waals surface area contributed by atoms with Crippen LogP contribution in [-0.4, -0.2) is 82.2 Å². The predicted molar refractivity (Wildman–Crippen MR) is 189 cm³/mol. The number of aromatic nitrogens is 4. The molecular weight excluding hydrogens is 623 g/mol. The van der Waals surface area contributed by atoms with Crippen molar-refractivity contribution < 1.29 is 19.3 Å². The Morgan fingerprint density at radius 1 is 1.00 bits per heavy atom. The number of nitrogens with one attached hydrogen (secondary N) is 1. The number of benzene rings is 3. The molecule has 2 aromatic heterocycles. The van der Waals surface area contributed by atoms with Gasteiger partial charge in [-0.2, -0.15) is 5.10 Å². The second kappa shape index (κ2) is 15.0. The van der Waals surface area contributed by atoms with Crippen molar-refractivity contribution in [1.82, 2.24) is 29.9 Å². The van der Waals surface area contributed by atoms with E-state index in [1.807, 2.05) is 66.4 Å². The molecule has 0 fully saturated rings. The van der Waals surface area contributed by atoms with Crippen molar-refractivity contribution >= 4 is 43.4 Å². The van der Waals surface area contributed by atoms with Crippen LogP contribution in [0.15, 0.2) is 71.4 Å². The molecule has 2 N–H and O–H groups in total. The van der Waals surface area contributed by atoms with Gasteiger partial charge in [0.1, 0.15) is 11.0 Å². The average Bonchev–Trinajstić information content (AvgIpc) is 3.76. The molecule has 5 aromatic rings. The van der Waals surface area contributed by atoms with Crippen molar-refractivity contribution in [3.63, 3.8) is 0 Å². The van der Waals surface area contributed by atoms with Crippen LogP contribution in [0.25, 0.3) is 16.7 Å². The van der Waals surface area contributed by atoms with E-state index >= 15 is 0 Å². The van der Waals surface area contributed by atoms with Crippen LogP contribution < -0.4 is 10.2 Å². The summed E-state index contributed by atoms with van der Waals surface area (Å²) in [4.78, 5) is 35.5. The Hall–Kier alpha value is -4.81. The molecule has 250 valence electrons. The van der Waals surface area contributed by atoms with Crippen LogP contribution in [0, 0.1) is 6.92 Å². The van der Waals surface area contributed by atoms with Crippen molar-refractivity contribution in [2.45, 2.75) is 65.5 Å². The lowest BCUT2D eigenvalue weighted by molar-refractivity contribution is 0.0544. The summed E-state index contributed by atoms with van der Waals surface area (Å²) in [6.07, 6.45) is 4.42. The zero-order chi connectivity index (χ0) is 33.6. The van der Waals surface area contributed by atoms with E-state index in [9.17, 15) is 14.7 Å². The van der Waals surface area contributed by atoms with Crippen LogP contribution in [-0.2, 0) is 13.0 Å². The van der Waals surface area contributed by atoms with E-state index in [4.69, 9.17) is 9.73 Å². The first-order valence-corrected chi connectivity index (χ1v) is 18.3. The molecule has 6 rings (SSSR count). The van der Waals surface area contributed by atoms with Gasteiger partial charge >= 0.3 is 0 Å². The molecule has 0 saturated carbocycles. The fourth-order valence-electron chi connectivity index (χ4n) is 6.34. The second-order valence-corrected chi connectivity index (χ2v) is 13.9. The summed E-state index contributed by atoms with van der Waals surface area (Å²) >= 11 is 0. The molecular formula is C36H43N7O4Si. The van der Waals surface area contributed by atoms with Gasteiger partial charge in [-0.25, -0.2) is 9.31 Å². The molecule has 12 heteroatoms. The quantitative estimate of drug-likeness (QED) is 0.180. The number of hydrogen-bond acceptors (Lipinski definition) is 8. The van der Waals surface area contributed by atoms with Crippen LogP contribution in [0.1, 0.15) is 77.2 Å². The normalized spacial score (nSPS) is 14.5. The summed E-state index contributed by atoms with van der Waals surface area (Å²) < 4.78 is 6.66. The fourth-order valence-corrected chi connectivity index (χ4v) is 7.63. The molecule has 2 amide bonds. The van der Waals surface area contributed by atoms with Gasteiger partial charge in [-0.05, 0) is 83.1 Å². The molecule has 3 aromatic carbocycles. The number of carbonyl (C=O) groups excluding carboxylic acids is 2. The zero-order valence-corrected chi connectivity index (χ0v) is 29.3. The van der Waals surface area contributed by atoms with Crippen molar-refractivity contribution in [2.24, 2.45) is 0 Å². The minimum atomic E-state index is -1.08. The average molecular weight is 666 g/mol. The number of rotatable bonds is 13. The Kier molecular flexibility index (Phi) is 10.3. The maximum absolute atomic E-state index is 14.6. The number of aliphatic hydroxyl groups is 1. The third-order valence-corrected chi connectivity index (χ3v) is 10.6. The molecule has 3 heterocycles. The smallest absolute Gasteiger partial charge is 0.274 e. The number of aryl methyl sites for hydroxylation is 1. The van der Waals surface area contributed by atoms with E-state index in [2.05, 4.69) is 35.2 Å². The van der Waals surface area contributed by atoms with Gasteiger partial charge in [0.15, 0.2) is 15.4 Å². The molecule has 0 saturated heterocycles. The molecule has 1 aliphatic heterocycles. The second-order valence-electron chi connectivity index (χ2n) is 12.5. The first-order valence-electron chi connectivity index (χ1n) is 16.8. The van der Waals surface area contributed by atoms with Gasteiger partial charge in [-0.3, -0.25) is 9.59 Å². The number of fused-ring (bicyclic) bond motifs is 2. The number of unbranched alkanes of at least 4 members (excludes halogenated alkanes) is 2. The maximum atomic E-state index is 14.6. The Bertz CT molecular complexity index is 1900. The third-order valence-electron chi connectivity index (χ3n) is 9.09. The highest BCUT2D eigenvalue weighted by atomic mass is 28.2. The summed E-state index contributed by atoms with van der Waals surface area (Å²) in [6, 6.07) is 21.0. The lowest BCUT2D eigenvalue weighted by atomic mass is 9.93. The van der Waals surface area contributed by atoms with Gasteiger partial charge in [0.2, 0.25) is 0 Å². The van der Waals surface area contributed by atoms with Crippen LogP contribution in [0.2, 0.25) is 0 Å². The fraction of sp³-hybridized carbons (Fsp3) is 0.361. The lowest BCUT2D eigenvalue weighted by Crippen LogP contribution is -2.46. The standard InChI is InChI=1S/C36H43N7O4Si/c1-4-6-17-41(18-7-5-2)36(46)31-19-24(3)43(37-31)32-16-15-27(40-48-33-14-10-13-30-34(33)39-47-38-30)21-29(32)35(45)42-22-26-12-9-8-11-25(26)20-28(42)23-44/h8-16,19,21,28,40,44H,4-7,17-18,20,22-23,48H2,1-3H3. The summed E-state index contributed by atoms with van der Waals surface area (Å²) in [5.74, 6) is -0.303. The minimum absolute atomic E-state index is 0.0968. The molecule has 0 radical (unpaired) electrons. The summed E-state index contributed by atoms with van der Waals surface area (Å²) in [6.45, 7) is 7.75. The molecule has 0 aliphatic carbocycles. The molecule has 1 aliphatic rings. The monoisotopic (exact) mass is 665 g/mol. The summed E-state index contributed by atoms with van der Waals surface area (Å²) in [5, 5.41) is 24.3. The van der Waals surface area contributed by atoms with E-state index in [0.717, 1.165) is 58.9 Å². The topological polar surface area (TPSA) is 130 Å². The van der Waals surface area contributed by atoms with Crippen molar-refractivity contribution in [1.29, 1.82) is 0 Å². The van der Waals surface area contributed by atoms with Gasteiger partial charge in [-0.1, -0.05) is 63.1 Å². The molecule has 0 spiro atoms. The van der Waals surface area contributed by atoms with Crippen LogP contribution in [0.4, 0.5) is 5.69 Å². The van der Waals surface area contributed by atoms with Crippen LogP contribution in [0.3, 0.4) is 0 Å². The highest BCUT2D eigenvalue weighted by Gasteiger charge is 2.32. The maximum Gasteiger partial charge on any atom is 0.274 e. The number of aliphatic hydroxyl groups excluding tert-OH is 1. The Labute approximate surface area is 282 Å². The highest BCUT2D eigenvalue weighted by molar-refractivity contribution is 6.59. The molecule has 48 heavy (non-hydrogen) atoms. The summed E-state index contributed by atoms with van der Waals surface area (Å²) in [7, 11) is -1.08. The van der Waals surface area contributed by atoms with E-state index < -0.39 is 9.68 Å². The van der Waals surface area contributed by atoms with Gasteiger partial charge in [0.25, 0.3) is 11.8 Å². The molecule has 1 atom stereocenters. The van der Waals surface area contributed by atoms with E-state index in [-0.39, 0.29) is 24.5 Å². The van der Waals surface area contributed by atoms with E-state index in [1.54, 1.807) is 15.6 Å². The number of amides is 2. The molecule has 11 nitrogen and oxygen atoms in total. The van der Waals surface area contributed by atoms with Crippen molar-refractivity contribution in [2.75, 3.05) is 24.7 Å². The molecule has 0 bridgehead atoms. The van der Waals surface area contributed by atoms with Crippen LogP contribution >= 0.6 is 0 Å². The minimum Gasteiger partial charge on any atom is -0.412 e. The van der Waals surface area contributed by atoms with E-state index in [0.29, 0.717) is 48.5 Å². The predicted octanol–water partition coefficient (Wildman–Crippen LogP) is 4.14. The SMILES string of the molecule is CCCCN(CCCC)C(=O)c1cc(C)n(-c2ccc(N[SiH2]c3cccc4nonc34)cc2C(=O)N2Cc3ccccc3CC2CO)n1. The van der Waals surface area contributed by atoms with Gasteiger partial charge < -0.3 is 19.9 Å². The first-order chi connectivity index (χ1) is 23.4. The third kappa shape index (κ3) is 6.90. The number of anilines is 1. The van der Waals surface area contributed by atoms with Crippen molar-refractivity contribution in [3.05, 3.63) is 94.8 Å². The van der Waals surface area contributed by atoms with Crippen LogP contribution in [0.5, 0.6) is 0 Å². The zero-order valence-electron chi connectivity index (χ0n) is 27.9. The van der Waals surface area contributed by atoms with Gasteiger partial charge in [0, 0.05) is 31.0 Å². The lowest BCUT2D eigenvalue weighted by Gasteiger charge is -2.36. The van der Waals surface area contributed by atoms with Gasteiger partial charge in [-0.15, -0.1) is 0 Å². The summed E-state index contributed by atoms with van der Waals surface area (Å²) in [5.41, 5.74) is 6.56. The number of hydrogen-bond donors (Lipinski definition) is 2. The Balaban J connectivity index is 1.36. The highest BCUT2D eigenvalue weighted by Crippen LogP contribution is 2.29.